The molecule has 8 heteroatoms. The van der Waals surface area contributed by atoms with E-state index in [0.29, 0.717) is 32.6 Å². The third-order valence-electron chi connectivity index (χ3n) is 4.85. The van der Waals surface area contributed by atoms with Crippen LogP contribution < -0.4 is 4.74 Å². The molecule has 0 radical (unpaired) electrons. The third kappa shape index (κ3) is 5.76. The second kappa shape index (κ2) is 9.82. The topological polar surface area (TPSA) is 49.9 Å². The smallest absolute Gasteiger partial charge is 0.387 e. The molecule has 1 aromatic carbocycles. The molecule has 0 atom stereocenters. The molecule has 156 valence electrons. The van der Waals surface area contributed by atoms with Crippen molar-refractivity contribution < 1.29 is 23.1 Å². The maximum Gasteiger partial charge on any atom is 0.387 e. The number of nitrogens with zero attached hydrogens (tertiary/aromatic N) is 2. The molecule has 2 heterocycles. The van der Waals surface area contributed by atoms with Gasteiger partial charge in [-0.25, -0.2) is 0 Å². The standard InChI is InChI=1S/C21H24F2N2O3S/c1-15-14-17(28-21(22)23)19(29-15)20(27)25-12-10-24(11-13-25)18(26)9-5-8-16-6-3-2-4-7-16/h2-4,6-7,14,21H,5,8-13H2,1H3. The maximum atomic E-state index is 12.7. The van der Waals surface area contributed by atoms with Crippen molar-refractivity contribution in [2.45, 2.75) is 32.8 Å². The fraction of sp³-hybridized carbons (Fsp3) is 0.429. The molecule has 1 aliphatic rings. The molecule has 0 spiro atoms. The molecular weight excluding hydrogens is 398 g/mol. The van der Waals surface area contributed by atoms with Crippen LogP contribution in [0.2, 0.25) is 0 Å². The SMILES string of the molecule is Cc1cc(OC(F)F)c(C(=O)N2CCN(C(=O)CCCc3ccccc3)CC2)s1. The lowest BCUT2D eigenvalue weighted by atomic mass is 10.1. The molecule has 5 nitrogen and oxygen atoms in total. The number of benzene rings is 1. The third-order valence-corrected chi connectivity index (χ3v) is 5.87. The minimum absolute atomic E-state index is 0.0769. The van der Waals surface area contributed by atoms with Crippen LogP contribution in [0.25, 0.3) is 0 Å². The number of carbonyl (C=O) groups is 2. The number of ether oxygens (including phenoxy) is 1. The molecule has 0 bridgehead atoms. The lowest BCUT2D eigenvalue weighted by Crippen LogP contribution is -2.50. The zero-order chi connectivity index (χ0) is 20.8. The molecule has 29 heavy (non-hydrogen) atoms. The number of halogens is 2. The van der Waals surface area contributed by atoms with Crippen molar-refractivity contribution in [1.82, 2.24) is 9.80 Å². The summed E-state index contributed by atoms with van der Waals surface area (Å²) in [5, 5.41) is 0. The highest BCUT2D eigenvalue weighted by atomic mass is 32.1. The summed E-state index contributed by atoms with van der Waals surface area (Å²) in [5.74, 6) is -0.316. The Morgan fingerprint density at radius 2 is 1.76 bits per heavy atom. The van der Waals surface area contributed by atoms with Crippen molar-refractivity contribution in [2.75, 3.05) is 26.2 Å². The summed E-state index contributed by atoms with van der Waals surface area (Å²) in [6.07, 6.45) is 2.11. The summed E-state index contributed by atoms with van der Waals surface area (Å²) in [6, 6.07) is 11.5. The number of hydrogen-bond donors (Lipinski definition) is 0. The first kappa shape index (κ1) is 21.2. The van der Waals surface area contributed by atoms with Crippen LogP contribution in [0.1, 0.15) is 33.0 Å². The molecule has 2 aromatic rings. The van der Waals surface area contributed by atoms with Gasteiger partial charge < -0.3 is 14.5 Å². The van der Waals surface area contributed by atoms with Gasteiger partial charge in [-0.3, -0.25) is 9.59 Å². The van der Waals surface area contributed by atoms with E-state index in [2.05, 4.69) is 4.74 Å². The van der Waals surface area contributed by atoms with Crippen molar-refractivity contribution >= 4 is 23.2 Å². The number of carbonyl (C=O) groups excluding carboxylic acids is 2. The predicted molar refractivity (Wildman–Crippen MR) is 108 cm³/mol. The minimum atomic E-state index is -2.97. The summed E-state index contributed by atoms with van der Waals surface area (Å²) in [4.78, 5) is 29.4. The zero-order valence-corrected chi connectivity index (χ0v) is 17.1. The highest BCUT2D eigenvalue weighted by Crippen LogP contribution is 2.31. The second-order valence-electron chi connectivity index (χ2n) is 6.94. The van der Waals surface area contributed by atoms with E-state index >= 15 is 0 Å². The van der Waals surface area contributed by atoms with Crippen molar-refractivity contribution in [1.29, 1.82) is 0 Å². The van der Waals surface area contributed by atoms with E-state index in [1.165, 1.54) is 11.6 Å². The number of piperazine rings is 1. The van der Waals surface area contributed by atoms with E-state index < -0.39 is 6.61 Å². The van der Waals surface area contributed by atoms with Crippen molar-refractivity contribution in [2.24, 2.45) is 0 Å². The van der Waals surface area contributed by atoms with Crippen LogP contribution in [-0.2, 0) is 11.2 Å². The molecule has 0 unspecified atom stereocenters. The normalized spacial score (nSPS) is 14.3. The Hall–Kier alpha value is -2.48. The van der Waals surface area contributed by atoms with Crippen LogP contribution in [0.3, 0.4) is 0 Å². The highest BCUT2D eigenvalue weighted by molar-refractivity contribution is 7.14. The summed E-state index contributed by atoms with van der Waals surface area (Å²) in [6.45, 7) is 0.436. The Labute approximate surface area is 172 Å². The first-order chi connectivity index (χ1) is 13.9. The quantitative estimate of drug-likeness (QED) is 0.679. The molecule has 1 aromatic heterocycles. The van der Waals surface area contributed by atoms with Gasteiger partial charge in [-0.1, -0.05) is 30.3 Å². The van der Waals surface area contributed by atoms with Gasteiger partial charge in [0.1, 0.15) is 10.6 Å². The van der Waals surface area contributed by atoms with Crippen LogP contribution in [0, 0.1) is 6.92 Å². The number of alkyl halides is 2. The Morgan fingerprint density at radius 3 is 2.41 bits per heavy atom. The van der Waals surface area contributed by atoms with Crippen molar-refractivity contribution in [3.05, 3.63) is 51.7 Å². The van der Waals surface area contributed by atoms with Crippen molar-refractivity contribution in [3.8, 4) is 5.75 Å². The lowest BCUT2D eigenvalue weighted by Gasteiger charge is -2.34. The Kier molecular flexibility index (Phi) is 7.19. The van der Waals surface area contributed by atoms with Gasteiger partial charge in [0.05, 0.1) is 0 Å². The van der Waals surface area contributed by atoms with E-state index in [0.717, 1.165) is 29.1 Å². The predicted octanol–water partition coefficient (Wildman–Crippen LogP) is 3.97. The minimum Gasteiger partial charge on any atom is -0.433 e. The number of hydrogen-bond acceptors (Lipinski definition) is 4. The van der Waals surface area contributed by atoms with E-state index in [4.69, 9.17) is 0 Å². The summed E-state index contributed by atoms with van der Waals surface area (Å²) >= 11 is 1.14. The maximum absolute atomic E-state index is 12.7. The van der Waals surface area contributed by atoms with Gasteiger partial charge >= 0.3 is 6.61 Å². The molecule has 3 rings (SSSR count). The van der Waals surface area contributed by atoms with Gasteiger partial charge in [0.2, 0.25) is 5.91 Å². The summed E-state index contributed by atoms with van der Waals surface area (Å²) < 4.78 is 29.6. The number of amides is 2. The first-order valence-corrected chi connectivity index (χ1v) is 10.4. The van der Waals surface area contributed by atoms with Gasteiger partial charge in [0.25, 0.3) is 5.91 Å². The molecule has 1 fully saturated rings. The van der Waals surface area contributed by atoms with Crippen LogP contribution in [-0.4, -0.2) is 54.4 Å². The Balaban J connectivity index is 1.48. The van der Waals surface area contributed by atoms with Crippen molar-refractivity contribution in [3.63, 3.8) is 0 Å². The highest BCUT2D eigenvalue weighted by Gasteiger charge is 2.28. The number of aryl methyl sites for hydroxylation is 2. The number of rotatable bonds is 7. The first-order valence-electron chi connectivity index (χ1n) is 9.60. The largest absolute Gasteiger partial charge is 0.433 e. The Bertz CT molecular complexity index is 834. The van der Waals surface area contributed by atoms with Gasteiger partial charge in [-0.05, 0) is 31.4 Å². The van der Waals surface area contributed by atoms with Gasteiger partial charge in [0, 0.05) is 37.5 Å². The van der Waals surface area contributed by atoms with Gasteiger partial charge in [0.15, 0.2) is 0 Å². The Morgan fingerprint density at radius 1 is 1.10 bits per heavy atom. The summed E-state index contributed by atoms with van der Waals surface area (Å²) in [7, 11) is 0. The zero-order valence-electron chi connectivity index (χ0n) is 16.3. The molecule has 2 amide bonds. The fourth-order valence-corrected chi connectivity index (χ4v) is 4.28. The fourth-order valence-electron chi connectivity index (χ4n) is 3.37. The van der Waals surface area contributed by atoms with E-state index in [-0.39, 0.29) is 22.4 Å². The summed E-state index contributed by atoms with van der Waals surface area (Å²) in [5.41, 5.74) is 1.21. The van der Waals surface area contributed by atoms with Crippen LogP contribution in [0.15, 0.2) is 36.4 Å². The molecule has 0 saturated carbocycles. The molecule has 1 aliphatic heterocycles. The van der Waals surface area contributed by atoms with E-state index in [1.54, 1.807) is 16.7 Å². The number of thiophene rings is 1. The molecule has 1 saturated heterocycles. The van der Waals surface area contributed by atoms with Crippen LogP contribution in [0.5, 0.6) is 5.75 Å². The van der Waals surface area contributed by atoms with Gasteiger partial charge in [-0.2, -0.15) is 8.78 Å². The van der Waals surface area contributed by atoms with Crippen LogP contribution in [0.4, 0.5) is 8.78 Å². The van der Waals surface area contributed by atoms with Gasteiger partial charge in [-0.15, -0.1) is 11.3 Å². The average molecular weight is 422 g/mol. The molecular formula is C21H24F2N2O3S. The molecule has 0 aliphatic carbocycles. The lowest BCUT2D eigenvalue weighted by molar-refractivity contribution is -0.132. The van der Waals surface area contributed by atoms with E-state index in [9.17, 15) is 18.4 Å². The molecule has 0 N–H and O–H groups in total. The monoisotopic (exact) mass is 422 g/mol. The van der Waals surface area contributed by atoms with E-state index in [1.807, 2.05) is 30.3 Å². The second-order valence-corrected chi connectivity index (χ2v) is 8.20. The average Bonchev–Trinajstić information content (AvgIpc) is 3.07. The van der Waals surface area contributed by atoms with Crippen LogP contribution >= 0.6 is 11.3 Å².